The fourth-order valence-electron chi connectivity index (χ4n) is 2.34. The standard InChI is InChI=1S/C14H22N6O2/c1-5-8-20-13(15-17-18-20)9-22-14(21)7-6-12-10(2)16-19(4)11(12)3/h5-9H2,1-4H3. The lowest BCUT2D eigenvalue weighted by Gasteiger charge is -2.05. The second kappa shape index (κ2) is 7.15. The molecule has 2 aromatic rings. The van der Waals surface area contributed by atoms with Gasteiger partial charge in [-0.3, -0.25) is 9.48 Å². The number of nitrogens with zero attached hydrogens (tertiary/aromatic N) is 6. The van der Waals surface area contributed by atoms with Gasteiger partial charge < -0.3 is 4.74 Å². The lowest BCUT2D eigenvalue weighted by atomic mass is 10.1. The van der Waals surface area contributed by atoms with Crippen LogP contribution < -0.4 is 0 Å². The van der Waals surface area contributed by atoms with Crippen molar-refractivity contribution in [2.75, 3.05) is 0 Å². The summed E-state index contributed by atoms with van der Waals surface area (Å²) >= 11 is 0. The van der Waals surface area contributed by atoms with Crippen molar-refractivity contribution in [1.29, 1.82) is 0 Å². The molecule has 2 aromatic heterocycles. The lowest BCUT2D eigenvalue weighted by molar-refractivity contribution is -0.145. The SMILES string of the molecule is CCCn1nnnc1COC(=O)CCc1c(C)nn(C)c1C. The first-order valence-corrected chi connectivity index (χ1v) is 7.42. The van der Waals surface area contributed by atoms with Crippen LogP contribution in [0.3, 0.4) is 0 Å². The maximum atomic E-state index is 11.9. The number of esters is 1. The third-order valence-electron chi connectivity index (χ3n) is 3.64. The van der Waals surface area contributed by atoms with E-state index in [-0.39, 0.29) is 12.6 Å². The number of tetrazole rings is 1. The van der Waals surface area contributed by atoms with E-state index >= 15 is 0 Å². The molecule has 8 heteroatoms. The summed E-state index contributed by atoms with van der Waals surface area (Å²) < 4.78 is 8.74. The molecular formula is C14H22N6O2. The molecule has 0 aromatic carbocycles. The highest BCUT2D eigenvalue weighted by molar-refractivity contribution is 5.69. The maximum Gasteiger partial charge on any atom is 0.306 e. The Hall–Kier alpha value is -2.25. The Bertz CT molecular complexity index is 646. The van der Waals surface area contributed by atoms with Crippen LogP contribution in [0.5, 0.6) is 0 Å². The molecule has 2 heterocycles. The van der Waals surface area contributed by atoms with E-state index in [1.54, 1.807) is 4.68 Å². The fraction of sp³-hybridized carbons (Fsp3) is 0.643. The Kier molecular flexibility index (Phi) is 5.24. The van der Waals surface area contributed by atoms with E-state index in [0.29, 0.717) is 25.2 Å². The molecular weight excluding hydrogens is 284 g/mol. The quantitative estimate of drug-likeness (QED) is 0.712. The maximum absolute atomic E-state index is 11.9. The van der Waals surface area contributed by atoms with Crippen molar-refractivity contribution in [3.05, 3.63) is 22.8 Å². The minimum atomic E-state index is -0.256. The van der Waals surface area contributed by atoms with Crippen LogP contribution >= 0.6 is 0 Å². The molecule has 8 nitrogen and oxygen atoms in total. The van der Waals surface area contributed by atoms with Crippen LogP contribution in [0.1, 0.15) is 42.5 Å². The van der Waals surface area contributed by atoms with Crippen LogP contribution in [-0.2, 0) is 36.2 Å². The van der Waals surface area contributed by atoms with E-state index in [1.807, 2.05) is 32.5 Å². The second-order valence-corrected chi connectivity index (χ2v) is 5.25. The summed E-state index contributed by atoms with van der Waals surface area (Å²) in [6.45, 7) is 6.81. The molecule has 0 unspecified atom stereocenters. The molecule has 0 N–H and O–H groups in total. The first-order valence-electron chi connectivity index (χ1n) is 7.42. The molecule has 120 valence electrons. The van der Waals surface area contributed by atoms with Gasteiger partial charge >= 0.3 is 5.97 Å². The number of hydrogen-bond acceptors (Lipinski definition) is 6. The van der Waals surface area contributed by atoms with Gasteiger partial charge in [0.25, 0.3) is 0 Å². The number of hydrogen-bond donors (Lipinski definition) is 0. The van der Waals surface area contributed by atoms with E-state index in [4.69, 9.17) is 4.74 Å². The second-order valence-electron chi connectivity index (χ2n) is 5.25. The van der Waals surface area contributed by atoms with Gasteiger partial charge in [-0.25, -0.2) is 4.68 Å². The zero-order chi connectivity index (χ0) is 16.1. The van der Waals surface area contributed by atoms with E-state index in [2.05, 4.69) is 20.6 Å². The number of carbonyl (C=O) groups excluding carboxylic acids is 1. The van der Waals surface area contributed by atoms with Gasteiger partial charge in [-0.2, -0.15) is 5.10 Å². The molecule has 0 aliphatic rings. The van der Waals surface area contributed by atoms with Crippen molar-refractivity contribution in [2.45, 2.75) is 53.2 Å². The average molecular weight is 306 g/mol. The third kappa shape index (κ3) is 3.69. The van der Waals surface area contributed by atoms with Crippen molar-refractivity contribution in [3.8, 4) is 0 Å². The molecule has 0 saturated heterocycles. The highest BCUT2D eigenvalue weighted by Gasteiger charge is 2.13. The lowest BCUT2D eigenvalue weighted by Crippen LogP contribution is -2.11. The van der Waals surface area contributed by atoms with Crippen molar-refractivity contribution in [1.82, 2.24) is 30.0 Å². The Morgan fingerprint density at radius 2 is 2.09 bits per heavy atom. The molecule has 0 amide bonds. The minimum absolute atomic E-state index is 0.108. The molecule has 0 aliphatic heterocycles. The summed E-state index contributed by atoms with van der Waals surface area (Å²) in [7, 11) is 1.90. The zero-order valence-corrected chi connectivity index (χ0v) is 13.5. The van der Waals surface area contributed by atoms with Gasteiger partial charge in [0.1, 0.15) is 0 Å². The molecule has 0 aliphatic carbocycles. The van der Waals surface area contributed by atoms with Gasteiger partial charge in [-0.05, 0) is 42.7 Å². The van der Waals surface area contributed by atoms with E-state index < -0.39 is 0 Å². The van der Waals surface area contributed by atoms with E-state index in [9.17, 15) is 4.79 Å². The summed E-state index contributed by atoms with van der Waals surface area (Å²) in [5, 5.41) is 15.7. The number of carbonyl (C=O) groups is 1. The highest BCUT2D eigenvalue weighted by atomic mass is 16.5. The first kappa shape index (κ1) is 16.1. The molecule has 0 spiro atoms. The van der Waals surface area contributed by atoms with Crippen LogP contribution in [0.2, 0.25) is 0 Å². The van der Waals surface area contributed by atoms with Gasteiger partial charge in [0.2, 0.25) is 0 Å². The van der Waals surface area contributed by atoms with E-state index in [0.717, 1.165) is 23.4 Å². The Labute approximate surface area is 129 Å². The predicted octanol–water partition coefficient (Wildman–Crippen LogP) is 1.11. The van der Waals surface area contributed by atoms with Crippen LogP contribution in [-0.4, -0.2) is 36.0 Å². The smallest absolute Gasteiger partial charge is 0.306 e. The van der Waals surface area contributed by atoms with Gasteiger partial charge in [-0.15, -0.1) is 5.10 Å². The molecule has 0 bridgehead atoms. The Morgan fingerprint density at radius 1 is 1.32 bits per heavy atom. The van der Waals surface area contributed by atoms with Gasteiger partial charge in [0.05, 0.1) is 5.69 Å². The molecule has 0 radical (unpaired) electrons. The molecule has 0 fully saturated rings. The van der Waals surface area contributed by atoms with Crippen molar-refractivity contribution >= 4 is 5.97 Å². The predicted molar refractivity (Wildman–Crippen MR) is 78.9 cm³/mol. The first-order chi connectivity index (χ1) is 10.5. The van der Waals surface area contributed by atoms with E-state index in [1.165, 1.54) is 0 Å². The number of ether oxygens (including phenoxy) is 1. The normalized spacial score (nSPS) is 10.9. The summed E-state index contributed by atoms with van der Waals surface area (Å²) in [6, 6.07) is 0. The monoisotopic (exact) mass is 306 g/mol. The Morgan fingerprint density at radius 3 is 2.73 bits per heavy atom. The zero-order valence-electron chi connectivity index (χ0n) is 13.5. The largest absolute Gasteiger partial charge is 0.457 e. The molecule has 0 saturated carbocycles. The van der Waals surface area contributed by atoms with Crippen molar-refractivity contribution in [3.63, 3.8) is 0 Å². The van der Waals surface area contributed by atoms with Crippen LogP contribution in [0, 0.1) is 13.8 Å². The Balaban J connectivity index is 1.84. The highest BCUT2D eigenvalue weighted by Crippen LogP contribution is 2.14. The molecule has 0 atom stereocenters. The average Bonchev–Trinajstić information content (AvgIpc) is 3.01. The summed E-state index contributed by atoms with van der Waals surface area (Å²) in [5.74, 6) is 0.317. The van der Waals surface area contributed by atoms with Crippen LogP contribution in [0.15, 0.2) is 0 Å². The number of rotatable bonds is 7. The van der Waals surface area contributed by atoms with Crippen molar-refractivity contribution < 1.29 is 9.53 Å². The fourth-order valence-corrected chi connectivity index (χ4v) is 2.34. The minimum Gasteiger partial charge on any atom is -0.457 e. The summed E-state index contributed by atoms with van der Waals surface area (Å²) in [5.41, 5.74) is 3.15. The van der Waals surface area contributed by atoms with Gasteiger partial charge in [0.15, 0.2) is 12.4 Å². The molecule has 22 heavy (non-hydrogen) atoms. The van der Waals surface area contributed by atoms with Gasteiger partial charge in [-0.1, -0.05) is 6.92 Å². The van der Waals surface area contributed by atoms with Crippen LogP contribution in [0.25, 0.3) is 0 Å². The topological polar surface area (TPSA) is 87.7 Å². The summed E-state index contributed by atoms with van der Waals surface area (Å²) in [4.78, 5) is 11.9. The summed E-state index contributed by atoms with van der Waals surface area (Å²) in [6.07, 6.45) is 1.87. The van der Waals surface area contributed by atoms with Crippen molar-refractivity contribution in [2.24, 2.45) is 7.05 Å². The third-order valence-corrected chi connectivity index (χ3v) is 3.64. The number of aromatic nitrogens is 6. The number of aryl methyl sites for hydroxylation is 3. The van der Waals surface area contributed by atoms with Gasteiger partial charge in [0, 0.05) is 25.7 Å². The van der Waals surface area contributed by atoms with Crippen LogP contribution in [0.4, 0.5) is 0 Å². The molecule has 2 rings (SSSR count).